The highest BCUT2D eigenvalue weighted by Crippen LogP contribution is 2.71. The molecule has 1 heterocycles. The molecule has 9 nitrogen and oxygen atoms in total. The molecule has 5 rings (SSSR count). The topological polar surface area (TPSA) is 165 Å². The summed E-state index contributed by atoms with van der Waals surface area (Å²) in [4.78, 5) is 39.4. The number of phenolic OH excluding ortho intramolecular Hbond substituents is 1. The molecule has 0 spiro atoms. The Morgan fingerprint density at radius 2 is 1.79 bits per heavy atom. The molecule has 6 atom stereocenters. The van der Waals surface area contributed by atoms with Gasteiger partial charge in [0.2, 0.25) is 17.2 Å². The van der Waals surface area contributed by atoms with Gasteiger partial charge in [-0.3, -0.25) is 14.4 Å². The average Bonchev–Trinajstić information content (AvgIpc) is 3.26. The second kappa shape index (κ2) is 4.52. The highest BCUT2D eigenvalue weighted by atomic mass is 16.7. The summed E-state index contributed by atoms with van der Waals surface area (Å²) in [5.74, 6) is -3.89. The molecular formula is C19H18O9. The lowest BCUT2D eigenvalue weighted by Gasteiger charge is -2.54. The predicted octanol–water partition coefficient (Wildman–Crippen LogP) is -1.38. The molecule has 2 saturated carbocycles. The number of rotatable bonds is 0. The van der Waals surface area contributed by atoms with Crippen LogP contribution in [-0.4, -0.2) is 77.0 Å². The minimum Gasteiger partial charge on any atom is -0.507 e. The summed E-state index contributed by atoms with van der Waals surface area (Å²) < 4.78 is 5.62. The fourth-order valence-electron chi connectivity index (χ4n) is 5.72. The number of carbonyl (C=O) groups excluding carboxylic acids is 3. The first-order chi connectivity index (χ1) is 12.9. The van der Waals surface area contributed by atoms with E-state index in [0.717, 1.165) is 6.07 Å². The molecule has 28 heavy (non-hydrogen) atoms. The number of benzene rings is 1. The van der Waals surface area contributed by atoms with Gasteiger partial charge in [-0.2, -0.15) is 0 Å². The molecule has 1 aromatic rings. The van der Waals surface area contributed by atoms with Crippen LogP contribution in [-0.2, 0) is 9.53 Å². The van der Waals surface area contributed by atoms with E-state index in [-0.39, 0.29) is 12.0 Å². The van der Waals surface area contributed by atoms with E-state index in [1.807, 2.05) is 0 Å². The number of Topliss-reactive ketones (excluding diaryl/α,β-unsaturated/α-hetero) is 3. The first-order valence-corrected chi connectivity index (χ1v) is 8.88. The van der Waals surface area contributed by atoms with Gasteiger partial charge in [0.25, 0.3) is 0 Å². The lowest BCUT2D eigenvalue weighted by atomic mass is 9.49. The minimum atomic E-state index is -3.09. The van der Waals surface area contributed by atoms with E-state index in [0.29, 0.717) is 0 Å². The number of ether oxygens (including phenoxy) is 1. The number of fused-ring (bicyclic) bond motifs is 2. The number of carbonyl (C=O) groups is 3. The summed E-state index contributed by atoms with van der Waals surface area (Å²) in [5, 5.41) is 53.9. The van der Waals surface area contributed by atoms with E-state index >= 15 is 0 Å². The number of aliphatic hydroxyl groups excluding tert-OH is 1. The molecule has 0 amide bonds. The first-order valence-electron chi connectivity index (χ1n) is 8.88. The normalized spacial score (nSPS) is 49.0. The molecule has 0 unspecified atom stereocenters. The molecule has 9 heteroatoms. The predicted molar refractivity (Wildman–Crippen MR) is 88.7 cm³/mol. The van der Waals surface area contributed by atoms with Crippen LogP contribution in [0, 0.1) is 0 Å². The molecule has 0 radical (unpaired) electrons. The van der Waals surface area contributed by atoms with Crippen molar-refractivity contribution < 1.29 is 44.7 Å². The third-order valence-electron chi connectivity index (χ3n) is 6.80. The standard InChI is InChI=1S/C19H18O9/c1-15(25)5-11(22)19-16(7-15,28-19)6-10(21)17(26)14(24)12-8(3-2-4-9(12)20)13(23)18(17,19)27/h2-4,10,20-21,25-27H,5-7H2,1H3/t10-,15-,16+,17-,18+,19-/m0/s1. The van der Waals surface area contributed by atoms with Crippen molar-refractivity contribution in [1.82, 2.24) is 0 Å². The van der Waals surface area contributed by atoms with Crippen LogP contribution in [0.25, 0.3) is 0 Å². The van der Waals surface area contributed by atoms with Crippen LogP contribution in [0.3, 0.4) is 0 Å². The van der Waals surface area contributed by atoms with Crippen molar-refractivity contribution in [3.63, 3.8) is 0 Å². The summed E-state index contributed by atoms with van der Waals surface area (Å²) in [7, 11) is 0. The van der Waals surface area contributed by atoms with Crippen LogP contribution in [0.4, 0.5) is 0 Å². The van der Waals surface area contributed by atoms with Gasteiger partial charge in [0.1, 0.15) is 11.4 Å². The van der Waals surface area contributed by atoms with Gasteiger partial charge in [-0.15, -0.1) is 0 Å². The number of epoxide rings is 1. The van der Waals surface area contributed by atoms with E-state index in [1.165, 1.54) is 19.1 Å². The zero-order valence-corrected chi connectivity index (χ0v) is 14.8. The monoisotopic (exact) mass is 390 g/mol. The Morgan fingerprint density at radius 1 is 1.11 bits per heavy atom. The van der Waals surface area contributed by atoms with Crippen LogP contribution in [0.15, 0.2) is 18.2 Å². The fraction of sp³-hybridized carbons (Fsp3) is 0.526. The average molecular weight is 390 g/mol. The summed E-state index contributed by atoms with van der Waals surface area (Å²) >= 11 is 0. The first kappa shape index (κ1) is 17.9. The third-order valence-corrected chi connectivity index (χ3v) is 6.80. The van der Waals surface area contributed by atoms with Crippen molar-refractivity contribution in [2.45, 2.75) is 60.3 Å². The van der Waals surface area contributed by atoms with E-state index < -0.39 is 75.6 Å². The summed E-state index contributed by atoms with van der Waals surface area (Å²) in [6.07, 6.45) is -3.05. The summed E-state index contributed by atoms with van der Waals surface area (Å²) in [6.45, 7) is 1.39. The van der Waals surface area contributed by atoms with Gasteiger partial charge < -0.3 is 30.3 Å². The Balaban J connectivity index is 1.82. The Morgan fingerprint density at radius 3 is 2.46 bits per heavy atom. The lowest BCUT2D eigenvalue weighted by Crippen LogP contribution is -2.83. The Bertz CT molecular complexity index is 999. The number of ketones is 3. The molecule has 148 valence electrons. The van der Waals surface area contributed by atoms with Gasteiger partial charge in [-0.25, -0.2) is 0 Å². The Kier molecular flexibility index (Phi) is 2.89. The largest absolute Gasteiger partial charge is 0.507 e. The maximum Gasteiger partial charge on any atom is 0.205 e. The maximum atomic E-state index is 13.3. The molecule has 3 aliphatic carbocycles. The number of hydrogen-bond acceptors (Lipinski definition) is 9. The van der Waals surface area contributed by atoms with Crippen molar-refractivity contribution in [1.29, 1.82) is 0 Å². The van der Waals surface area contributed by atoms with Gasteiger partial charge >= 0.3 is 0 Å². The zero-order valence-electron chi connectivity index (χ0n) is 14.8. The second-order valence-electron chi connectivity index (χ2n) is 8.61. The molecule has 5 N–H and O–H groups in total. The number of hydrogen-bond donors (Lipinski definition) is 5. The molecule has 1 aromatic carbocycles. The fourth-order valence-corrected chi connectivity index (χ4v) is 5.72. The van der Waals surface area contributed by atoms with E-state index in [2.05, 4.69) is 0 Å². The Hall–Kier alpha value is -2.17. The van der Waals surface area contributed by atoms with Crippen molar-refractivity contribution in [2.75, 3.05) is 0 Å². The molecule has 3 fully saturated rings. The SMILES string of the molecule is C[C@]1(O)CC(=O)[C@]23O[C@]2(C[C@H](O)[C@]2(O)C(=O)c4c(O)cccc4C(=O)[C@]32O)C1. The molecule has 1 aliphatic heterocycles. The molecule has 4 aliphatic rings. The summed E-state index contributed by atoms with van der Waals surface area (Å²) in [5.41, 5.74) is -12.4. The van der Waals surface area contributed by atoms with E-state index in [1.54, 1.807) is 0 Å². The van der Waals surface area contributed by atoms with Gasteiger partial charge in [-0.05, 0) is 13.0 Å². The molecule has 1 saturated heterocycles. The van der Waals surface area contributed by atoms with Gasteiger partial charge in [0.15, 0.2) is 17.0 Å². The van der Waals surface area contributed by atoms with Gasteiger partial charge in [0.05, 0.1) is 17.3 Å². The lowest BCUT2D eigenvalue weighted by molar-refractivity contribution is -0.201. The minimum absolute atomic E-state index is 0.171. The smallest absolute Gasteiger partial charge is 0.205 e. The zero-order chi connectivity index (χ0) is 20.5. The van der Waals surface area contributed by atoms with Crippen LogP contribution in [0.5, 0.6) is 5.75 Å². The number of phenols is 1. The second-order valence-corrected chi connectivity index (χ2v) is 8.61. The van der Waals surface area contributed by atoms with E-state index in [9.17, 15) is 39.9 Å². The maximum absolute atomic E-state index is 13.3. The number of aliphatic hydroxyl groups is 4. The van der Waals surface area contributed by atoms with Crippen molar-refractivity contribution in [3.8, 4) is 5.75 Å². The van der Waals surface area contributed by atoms with Crippen LogP contribution in [0.1, 0.15) is 46.9 Å². The van der Waals surface area contributed by atoms with Crippen molar-refractivity contribution in [3.05, 3.63) is 29.3 Å². The van der Waals surface area contributed by atoms with Crippen LogP contribution in [0.2, 0.25) is 0 Å². The van der Waals surface area contributed by atoms with Gasteiger partial charge in [0, 0.05) is 24.8 Å². The quantitative estimate of drug-likeness (QED) is 0.336. The molecular weight excluding hydrogens is 372 g/mol. The van der Waals surface area contributed by atoms with E-state index in [4.69, 9.17) is 4.74 Å². The molecule has 0 bridgehead atoms. The van der Waals surface area contributed by atoms with Crippen molar-refractivity contribution in [2.24, 2.45) is 0 Å². The van der Waals surface area contributed by atoms with Gasteiger partial charge in [-0.1, -0.05) is 12.1 Å². The van der Waals surface area contributed by atoms with Crippen molar-refractivity contribution >= 4 is 17.3 Å². The van der Waals surface area contributed by atoms with Crippen LogP contribution < -0.4 is 0 Å². The molecule has 0 aromatic heterocycles. The Labute approximate surface area is 158 Å². The third kappa shape index (κ3) is 1.51. The number of aromatic hydroxyl groups is 1. The highest BCUT2D eigenvalue weighted by Gasteiger charge is 2.95. The van der Waals surface area contributed by atoms with Crippen LogP contribution >= 0.6 is 0 Å². The summed E-state index contributed by atoms with van der Waals surface area (Å²) in [6, 6.07) is 3.59. The highest BCUT2D eigenvalue weighted by molar-refractivity contribution is 6.26.